The number of anilines is 1. The summed E-state index contributed by atoms with van der Waals surface area (Å²) in [5.74, 6) is 1.41. The number of carbonyl (C=O) groups excluding carboxylic acids is 1. The Kier molecular flexibility index (Phi) is 5.61. The Balaban J connectivity index is 1.77. The minimum absolute atomic E-state index is 0.174. The highest BCUT2D eigenvalue weighted by molar-refractivity contribution is 6.33. The van der Waals surface area contributed by atoms with Crippen LogP contribution in [0.5, 0.6) is 5.75 Å². The van der Waals surface area contributed by atoms with Crippen LogP contribution >= 0.6 is 11.6 Å². The average molecular weight is 372 g/mol. The van der Waals surface area contributed by atoms with E-state index in [4.69, 9.17) is 25.9 Å². The summed E-state index contributed by atoms with van der Waals surface area (Å²) < 4.78 is 10.9. The average Bonchev–Trinajstić information content (AvgIpc) is 3.11. The normalized spacial score (nSPS) is 10.6. The number of rotatable bonds is 6. The summed E-state index contributed by atoms with van der Waals surface area (Å²) in [6, 6.07) is 15.6. The lowest BCUT2D eigenvalue weighted by molar-refractivity contribution is 0.102. The number of aliphatic hydroxyl groups is 1. The second-order valence-corrected chi connectivity index (χ2v) is 5.94. The van der Waals surface area contributed by atoms with Crippen molar-refractivity contribution in [3.63, 3.8) is 0 Å². The van der Waals surface area contributed by atoms with E-state index in [2.05, 4.69) is 5.32 Å². The maximum atomic E-state index is 12.4. The molecule has 3 rings (SSSR count). The summed E-state index contributed by atoms with van der Waals surface area (Å²) in [4.78, 5) is 12.4. The third-order valence-electron chi connectivity index (χ3n) is 3.72. The molecule has 0 spiro atoms. The Labute approximate surface area is 156 Å². The molecular weight excluding hydrogens is 354 g/mol. The summed E-state index contributed by atoms with van der Waals surface area (Å²) in [5.41, 5.74) is 1.75. The summed E-state index contributed by atoms with van der Waals surface area (Å²) in [7, 11) is 0. The zero-order valence-corrected chi connectivity index (χ0v) is 14.9. The number of hydrogen-bond donors (Lipinski definition) is 2. The van der Waals surface area contributed by atoms with Gasteiger partial charge < -0.3 is 19.6 Å². The van der Waals surface area contributed by atoms with Crippen molar-refractivity contribution in [1.29, 1.82) is 0 Å². The van der Waals surface area contributed by atoms with Crippen molar-refractivity contribution in [2.24, 2.45) is 0 Å². The molecule has 0 bridgehead atoms. The number of furan rings is 1. The predicted octanol–water partition coefficient (Wildman–Crippen LogP) is 4.74. The minimum atomic E-state index is -0.254. The van der Waals surface area contributed by atoms with Gasteiger partial charge >= 0.3 is 0 Å². The molecule has 2 aromatic carbocycles. The number of amides is 1. The molecule has 0 unspecified atom stereocenters. The van der Waals surface area contributed by atoms with Crippen LogP contribution in [-0.2, 0) is 6.61 Å². The Bertz CT molecular complexity index is 920. The van der Waals surface area contributed by atoms with Crippen LogP contribution in [0.2, 0.25) is 5.02 Å². The monoisotopic (exact) mass is 371 g/mol. The van der Waals surface area contributed by atoms with Gasteiger partial charge in [0.05, 0.1) is 11.6 Å². The molecule has 0 fully saturated rings. The maximum absolute atomic E-state index is 12.4. The van der Waals surface area contributed by atoms with Crippen LogP contribution in [0.25, 0.3) is 11.3 Å². The maximum Gasteiger partial charge on any atom is 0.255 e. The number of carbonyl (C=O) groups is 1. The number of halogens is 1. The third kappa shape index (κ3) is 4.07. The van der Waals surface area contributed by atoms with Crippen LogP contribution in [0.3, 0.4) is 0 Å². The van der Waals surface area contributed by atoms with E-state index in [1.165, 1.54) is 0 Å². The number of hydrogen-bond acceptors (Lipinski definition) is 4. The smallest absolute Gasteiger partial charge is 0.255 e. The first-order chi connectivity index (χ1) is 12.6. The van der Waals surface area contributed by atoms with Gasteiger partial charge in [-0.25, -0.2) is 0 Å². The lowest BCUT2D eigenvalue weighted by atomic mass is 10.1. The van der Waals surface area contributed by atoms with Crippen LogP contribution in [0.15, 0.2) is 59.0 Å². The Hall–Kier alpha value is -2.76. The molecule has 0 saturated heterocycles. The summed E-state index contributed by atoms with van der Waals surface area (Å²) in [6.45, 7) is 2.25. The van der Waals surface area contributed by atoms with Crippen LogP contribution < -0.4 is 10.1 Å². The van der Waals surface area contributed by atoms with Gasteiger partial charge in [0.15, 0.2) is 0 Å². The first-order valence-electron chi connectivity index (χ1n) is 8.14. The van der Waals surface area contributed by atoms with Crippen molar-refractivity contribution < 1.29 is 19.1 Å². The molecule has 3 aromatic rings. The van der Waals surface area contributed by atoms with Gasteiger partial charge in [0.1, 0.15) is 23.9 Å². The van der Waals surface area contributed by atoms with E-state index in [1.54, 1.807) is 54.6 Å². The number of aliphatic hydroxyl groups excluding tert-OH is 1. The SMILES string of the molecule is CCOc1cccc(C(=O)Nc2ccc(-c3ccc(CO)o3)c(Cl)c2)c1. The second kappa shape index (κ2) is 8.08. The summed E-state index contributed by atoms with van der Waals surface area (Å²) in [6.07, 6.45) is 0. The first-order valence-corrected chi connectivity index (χ1v) is 8.52. The Morgan fingerprint density at radius 3 is 2.73 bits per heavy atom. The largest absolute Gasteiger partial charge is 0.494 e. The minimum Gasteiger partial charge on any atom is -0.494 e. The second-order valence-electron chi connectivity index (χ2n) is 5.53. The van der Waals surface area contributed by atoms with E-state index in [0.717, 1.165) is 0 Å². The van der Waals surface area contributed by atoms with E-state index in [0.29, 0.717) is 45.7 Å². The van der Waals surface area contributed by atoms with Crippen LogP contribution in [0.4, 0.5) is 5.69 Å². The van der Waals surface area contributed by atoms with Gasteiger partial charge in [-0.05, 0) is 55.5 Å². The Morgan fingerprint density at radius 2 is 2.04 bits per heavy atom. The van der Waals surface area contributed by atoms with Crippen molar-refractivity contribution >= 4 is 23.2 Å². The topological polar surface area (TPSA) is 71.7 Å². The zero-order valence-electron chi connectivity index (χ0n) is 14.2. The molecule has 26 heavy (non-hydrogen) atoms. The molecule has 6 heteroatoms. The number of nitrogens with one attached hydrogen (secondary N) is 1. The molecule has 5 nitrogen and oxygen atoms in total. The molecule has 134 valence electrons. The molecule has 0 aliphatic heterocycles. The summed E-state index contributed by atoms with van der Waals surface area (Å²) >= 11 is 6.32. The molecule has 0 aliphatic rings. The molecule has 2 N–H and O–H groups in total. The molecule has 0 saturated carbocycles. The van der Waals surface area contributed by atoms with Crippen molar-refractivity contribution in [3.05, 3.63) is 70.9 Å². The molecule has 1 aromatic heterocycles. The van der Waals surface area contributed by atoms with E-state index < -0.39 is 0 Å². The Morgan fingerprint density at radius 1 is 1.19 bits per heavy atom. The van der Waals surface area contributed by atoms with Crippen molar-refractivity contribution in [3.8, 4) is 17.1 Å². The van der Waals surface area contributed by atoms with Crippen molar-refractivity contribution in [1.82, 2.24) is 0 Å². The fourth-order valence-electron chi connectivity index (χ4n) is 2.50. The number of ether oxygens (including phenoxy) is 1. The molecular formula is C20H18ClNO4. The van der Waals surface area contributed by atoms with Gasteiger partial charge in [0.2, 0.25) is 0 Å². The quantitative estimate of drug-likeness (QED) is 0.656. The van der Waals surface area contributed by atoms with Gasteiger partial charge in [0, 0.05) is 16.8 Å². The number of benzene rings is 2. The van der Waals surface area contributed by atoms with E-state index >= 15 is 0 Å². The van der Waals surface area contributed by atoms with Crippen molar-refractivity contribution in [2.45, 2.75) is 13.5 Å². The van der Waals surface area contributed by atoms with Crippen LogP contribution in [0.1, 0.15) is 23.0 Å². The molecule has 0 aliphatic carbocycles. The van der Waals surface area contributed by atoms with E-state index in [9.17, 15) is 4.79 Å². The zero-order chi connectivity index (χ0) is 18.5. The fraction of sp³-hybridized carbons (Fsp3) is 0.150. The molecule has 0 atom stereocenters. The van der Waals surface area contributed by atoms with Gasteiger partial charge in [-0.2, -0.15) is 0 Å². The highest BCUT2D eigenvalue weighted by Gasteiger charge is 2.12. The third-order valence-corrected chi connectivity index (χ3v) is 4.03. The highest BCUT2D eigenvalue weighted by atomic mass is 35.5. The van der Waals surface area contributed by atoms with Gasteiger partial charge in [-0.15, -0.1) is 0 Å². The first kappa shape index (κ1) is 18.0. The fourth-order valence-corrected chi connectivity index (χ4v) is 2.77. The van der Waals surface area contributed by atoms with E-state index in [-0.39, 0.29) is 12.5 Å². The lowest BCUT2D eigenvalue weighted by Crippen LogP contribution is -2.12. The standard InChI is InChI=1S/C20H18ClNO4/c1-2-25-15-5-3-4-13(10-15)20(24)22-14-6-8-17(18(21)11-14)19-9-7-16(12-23)26-19/h3-11,23H,2,12H2,1H3,(H,22,24). The lowest BCUT2D eigenvalue weighted by Gasteiger charge is -2.09. The summed E-state index contributed by atoms with van der Waals surface area (Å²) in [5, 5.41) is 12.3. The van der Waals surface area contributed by atoms with Crippen molar-refractivity contribution in [2.75, 3.05) is 11.9 Å². The van der Waals surface area contributed by atoms with Gasteiger partial charge in [-0.1, -0.05) is 17.7 Å². The molecule has 1 heterocycles. The molecule has 0 radical (unpaired) electrons. The van der Waals surface area contributed by atoms with Gasteiger partial charge in [-0.3, -0.25) is 4.79 Å². The molecule has 1 amide bonds. The predicted molar refractivity (Wildman–Crippen MR) is 101 cm³/mol. The van der Waals surface area contributed by atoms with Crippen LogP contribution in [-0.4, -0.2) is 17.6 Å². The van der Waals surface area contributed by atoms with E-state index in [1.807, 2.05) is 6.92 Å². The van der Waals surface area contributed by atoms with Crippen LogP contribution in [0, 0.1) is 0 Å². The van der Waals surface area contributed by atoms with Gasteiger partial charge in [0.25, 0.3) is 5.91 Å². The highest BCUT2D eigenvalue weighted by Crippen LogP contribution is 2.32.